The van der Waals surface area contributed by atoms with E-state index in [0.29, 0.717) is 0 Å². The van der Waals surface area contributed by atoms with E-state index in [2.05, 4.69) is 15.3 Å². The molecule has 2 aromatic heterocycles. The van der Waals surface area contributed by atoms with E-state index in [4.69, 9.17) is 0 Å². The lowest BCUT2D eigenvalue weighted by atomic mass is 10.5. The van der Waals surface area contributed by atoms with Crippen LogP contribution in [-0.4, -0.2) is 25.7 Å². The molecule has 0 atom stereocenters. The fourth-order valence-corrected chi connectivity index (χ4v) is 1.36. The minimum atomic E-state index is 0.790. The average Bonchev–Trinajstić information content (AvgIpc) is 2.73. The first kappa shape index (κ1) is 9.64. The molecule has 0 spiro atoms. The number of aryl methyl sites for hydroxylation is 3. The van der Waals surface area contributed by atoms with E-state index >= 15 is 0 Å². The monoisotopic (exact) mass is 203 g/mol. The van der Waals surface area contributed by atoms with Crippen molar-refractivity contribution in [1.82, 2.24) is 19.4 Å². The Bertz CT molecular complexity index is 472. The Morgan fingerprint density at radius 1 is 1.27 bits per heavy atom. The highest BCUT2D eigenvalue weighted by Crippen LogP contribution is 2.00. The van der Waals surface area contributed by atoms with Gasteiger partial charge in [0.2, 0.25) is 0 Å². The molecule has 0 aliphatic carbocycles. The highest BCUT2D eigenvalue weighted by atomic mass is 15.4. The van der Waals surface area contributed by atoms with Crippen molar-refractivity contribution < 1.29 is 0 Å². The molecule has 0 saturated carbocycles. The lowest BCUT2D eigenvalue weighted by Gasteiger charge is -1.98. The van der Waals surface area contributed by atoms with Gasteiger partial charge in [-0.3, -0.25) is 0 Å². The summed E-state index contributed by atoms with van der Waals surface area (Å²) in [5, 5.41) is 12.2. The van der Waals surface area contributed by atoms with Gasteiger partial charge in [0, 0.05) is 13.2 Å². The standard InChI is InChI=1S/C10H13N5/c1-8-12-13-9(2)15(8)11-7-10-5-4-6-14(10)3/h4-7H,1-3H3/b11-7+. The summed E-state index contributed by atoms with van der Waals surface area (Å²) >= 11 is 0. The van der Waals surface area contributed by atoms with E-state index in [-0.39, 0.29) is 0 Å². The third-order valence-electron chi connectivity index (χ3n) is 2.24. The highest BCUT2D eigenvalue weighted by Gasteiger charge is 2.01. The third-order valence-corrected chi connectivity index (χ3v) is 2.24. The predicted molar refractivity (Wildman–Crippen MR) is 57.9 cm³/mol. The number of rotatable bonds is 2. The maximum absolute atomic E-state index is 4.31. The van der Waals surface area contributed by atoms with Gasteiger partial charge in [0.05, 0.1) is 11.9 Å². The van der Waals surface area contributed by atoms with Crippen LogP contribution in [0.1, 0.15) is 17.3 Å². The molecule has 5 nitrogen and oxygen atoms in total. The molecule has 0 radical (unpaired) electrons. The van der Waals surface area contributed by atoms with Crippen LogP contribution in [0.4, 0.5) is 0 Å². The minimum absolute atomic E-state index is 0.790. The van der Waals surface area contributed by atoms with E-state index in [9.17, 15) is 0 Å². The predicted octanol–water partition coefficient (Wildman–Crippen LogP) is 1.12. The van der Waals surface area contributed by atoms with Gasteiger partial charge < -0.3 is 4.57 Å². The van der Waals surface area contributed by atoms with Gasteiger partial charge in [-0.05, 0) is 26.0 Å². The molecule has 0 aromatic carbocycles. The molecule has 78 valence electrons. The first-order valence-electron chi connectivity index (χ1n) is 4.73. The molecule has 0 N–H and O–H groups in total. The van der Waals surface area contributed by atoms with Crippen LogP contribution in [0.15, 0.2) is 23.4 Å². The van der Waals surface area contributed by atoms with Crippen LogP contribution in [0.25, 0.3) is 0 Å². The molecule has 5 heteroatoms. The minimum Gasteiger partial charge on any atom is -0.350 e. The zero-order valence-corrected chi connectivity index (χ0v) is 9.05. The van der Waals surface area contributed by atoms with Gasteiger partial charge in [-0.15, -0.1) is 10.2 Å². The third kappa shape index (κ3) is 1.81. The largest absolute Gasteiger partial charge is 0.350 e. The number of hydrogen-bond donors (Lipinski definition) is 0. The van der Waals surface area contributed by atoms with E-state index in [1.54, 1.807) is 10.9 Å². The topological polar surface area (TPSA) is 48.0 Å². The normalized spacial score (nSPS) is 11.4. The van der Waals surface area contributed by atoms with Crippen molar-refractivity contribution in [3.63, 3.8) is 0 Å². The smallest absolute Gasteiger partial charge is 0.151 e. The Labute approximate surface area is 88.1 Å². The molecular formula is C10H13N5. The van der Waals surface area contributed by atoms with Crippen molar-refractivity contribution in [1.29, 1.82) is 0 Å². The van der Waals surface area contributed by atoms with Crippen LogP contribution in [0, 0.1) is 13.8 Å². The Kier molecular flexibility index (Phi) is 2.37. The van der Waals surface area contributed by atoms with Crippen molar-refractivity contribution in [3.05, 3.63) is 35.7 Å². The SMILES string of the molecule is Cc1nnc(C)n1/N=C/c1cccn1C. The van der Waals surface area contributed by atoms with Crippen LogP contribution in [-0.2, 0) is 7.05 Å². The van der Waals surface area contributed by atoms with Gasteiger partial charge in [0.1, 0.15) is 0 Å². The maximum atomic E-state index is 4.31. The van der Waals surface area contributed by atoms with Gasteiger partial charge >= 0.3 is 0 Å². The number of hydrogen-bond acceptors (Lipinski definition) is 3. The summed E-state index contributed by atoms with van der Waals surface area (Å²) in [5.74, 6) is 1.58. The Balaban J connectivity index is 2.30. The second-order valence-electron chi connectivity index (χ2n) is 3.39. The molecule has 0 fully saturated rings. The zero-order valence-electron chi connectivity index (χ0n) is 9.05. The van der Waals surface area contributed by atoms with Crippen LogP contribution in [0.5, 0.6) is 0 Å². The van der Waals surface area contributed by atoms with E-state index < -0.39 is 0 Å². The molecule has 2 aromatic rings. The first-order chi connectivity index (χ1) is 7.18. The fourth-order valence-electron chi connectivity index (χ4n) is 1.36. The van der Waals surface area contributed by atoms with Crippen molar-refractivity contribution in [3.8, 4) is 0 Å². The van der Waals surface area contributed by atoms with Crippen molar-refractivity contribution in [2.24, 2.45) is 12.1 Å². The molecule has 0 saturated heterocycles. The molecule has 0 unspecified atom stereocenters. The molecule has 0 bridgehead atoms. The summed E-state index contributed by atoms with van der Waals surface area (Å²) in [7, 11) is 1.98. The van der Waals surface area contributed by atoms with E-state index in [1.165, 1.54) is 0 Å². The summed E-state index contributed by atoms with van der Waals surface area (Å²) in [6.07, 6.45) is 3.77. The number of nitrogens with zero attached hydrogens (tertiary/aromatic N) is 5. The second kappa shape index (κ2) is 3.68. The molecule has 15 heavy (non-hydrogen) atoms. The summed E-state index contributed by atoms with van der Waals surface area (Å²) in [5.41, 5.74) is 1.04. The quantitative estimate of drug-likeness (QED) is 0.686. The van der Waals surface area contributed by atoms with Crippen molar-refractivity contribution in [2.75, 3.05) is 0 Å². The van der Waals surface area contributed by atoms with E-state index in [0.717, 1.165) is 17.3 Å². The Morgan fingerprint density at radius 2 is 1.93 bits per heavy atom. The lowest BCUT2D eigenvalue weighted by Crippen LogP contribution is -1.99. The molecule has 0 aliphatic heterocycles. The van der Waals surface area contributed by atoms with Gasteiger partial charge in [0.15, 0.2) is 11.6 Å². The van der Waals surface area contributed by atoms with Crippen LogP contribution >= 0.6 is 0 Å². The van der Waals surface area contributed by atoms with Crippen LogP contribution in [0.3, 0.4) is 0 Å². The lowest BCUT2D eigenvalue weighted by molar-refractivity contribution is 0.795. The van der Waals surface area contributed by atoms with Crippen molar-refractivity contribution in [2.45, 2.75) is 13.8 Å². The Hall–Kier alpha value is -1.91. The molecule has 2 rings (SSSR count). The molecule has 2 heterocycles. The second-order valence-corrected chi connectivity index (χ2v) is 3.39. The summed E-state index contributed by atoms with van der Waals surface area (Å²) < 4.78 is 3.71. The molecule has 0 amide bonds. The molecular weight excluding hydrogens is 190 g/mol. The van der Waals surface area contributed by atoms with E-state index in [1.807, 2.05) is 43.8 Å². The zero-order chi connectivity index (χ0) is 10.8. The summed E-state index contributed by atoms with van der Waals surface area (Å²) in [4.78, 5) is 0. The van der Waals surface area contributed by atoms with Gasteiger partial charge in [-0.1, -0.05) is 0 Å². The summed E-state index contributed by atoms with van der Waals surface area (Å²) in [6.45, 7) is 3.75. The Morgan fingerprint density at radius 3 is 2.47 bits per heavy atom. The first-order valence-corrected chi connectivity index (χ1v) is 4.73. The summed E-state index contributed by atoms with van der Waals surface area (Å²) in [6, 6.07) is 3.98. The molecule has 0 aliphatic rings. The van der Waals surface area contributed by atoms with Gasteiger partial charge in [-0.25, -0.2) is 4.68 Å². The maximum Gasteiger partial charge on any atom is 0.151 e. The van der Waals surface area contributed by atoms with Gasteiger partial charge in [-0.2, -0.15) is 5.10 Å². The van der Waals surface area contributed by atoms with Gasteiger partial charge in [0.25, 0.3) is 0 Å². The number of aromatic nitrogens is 4. The highest BCUT2D eigenvalue weighted by molar-refractivity contribution is 5.77. The fraction of sp³-hybridized carbons (Fsp3) is 0.300. The van der Waals surface area contributed by atoms with Crippen LogP contribution < -0.4 is 0 Å². The van der Waals surface area contributed by atoms with Crippen LogP contribution in [0.2, 0.25) is 0 Å². The average molecular weight is 203 g/mol. The van der Waals surface area contributed by atoms with Crippen molar-refractivity contribution >= 4 is 6.21 Å².